The molecule has 0 unspecified atom stereocenters. The van der Waals surface area contributed by atoms with E-state index in [9.17, 15) is 13.6 Å². The fraction of sp³-hybridized carbons (Fsp3) is 0.214. The van der Waals surface area contributed by atoms with Crippen molar-refractivity contribution in [1.29, 1.82) is 0 Å². The number of hydrogen-bond donors (Lipinski definition) is 0. The molecule has 1 amide bonds. The highest BCUT2D eigenvalue weighted by Crippen LogP contribution is 2.27. The van der Waals surface area contributed by atoms with Crippen LogP contribution in [0.5, 0.6) is 5.88 Å². The number of carbonyl (C=O) groups is 1. The smallest absolute Gasteiger partial charge is 0.261 e. The summed E-state index contributed by atoms with van der Waals surface area (Å²) in [4.78, 5) is 17.5. The van der Waals surface area contributed by atoms with Gasteiger partial charge in [0.1, 0.15) is 23.8 Å². The Kier molecular flexibility index (Phi) is 7.37. The summed E-state index contributed by atoms with van der Waals surface area (Å²) in [6.07, 6.45) is 1.66. The third-order valence-corrected chi connectivity index (χ3v) is 6.58. The first kappa shape index (κ1) is 24.8. The van der Waals surface area contributed by atoms with E-state index in [4.69, 9.17) is 16.3 Å². The average Bonchev–Trinajstić information content (AvgIpc) is 3.32. The van der Waals surface area contributed by atoms with E-state index >= 15 is 0 Å². The van der Waals surface area contributed by atoms with Crippen LogP contribution in [0.2, 0.25) is 5.02 Å². The second kappa shape index (κ2) is 11.0. The van der Waals surface area contributed by atoms with Gasteiger partial charge in [0.2, 0.25) is 5.88 Å². The maximum atomic E-state index is 13.5. The Morgan fingerprint density at radius 3 is 2.14 bits per heavy atom. The van der Waals surface area contributed by atoms with Crippen LogP contribution in [0, 0.1) is 11.6 Å². The number of rotatable bonds is 7. The Morgan fingerprint density at radius 2 is 1.49 bits per heavy atom. The van der Waals surface area contributed by atoms with E-state index in [-0.39, 0.29) is 30.0 Å². The molecule has 1 saturated heterocycles. The highest BCUT2D eigenvalue weighted by molar-refractivity contribution is 6.33. The zero-order chi connectivity index (χ0) is 25.8. The lowest BCUT2D eigenvalue weighted by molar-refractivity contribution is 0.0741. The van der Waals surface area contributed by atoms with Gasteiger partial charge in [0, 0.05) is 32.4 Å². The molecule has 37 heavy (non-hydrogen) atoms. The van der Waals surface area contributed by atoms with E-state index in [2.05, 4.69) is 10.00 Å². The molecule has 6 nitrogen and oxygen atoms in total. The molecule has 0 aliphatic carbocycles. The average molecular weight is 523 g/mol. The minimum absolute atomic E-state index is 0.133. The van der Waals surface area contributed by atoms with Gasteiger partial charge in [0.25, 0.3) is 5.91 Å². The number of anilines is 1. The summed E-state index contributed by atoms with van der Waals surface area (Å²) in [6.45, 7) is 2.81. The molecule has 1 aliphatic rings. The molecule has 0 atom stereocenters. The summed E-state index contributed by atoms with van der Waals surface area (Å²) in [6, 6.07) is 19.7. The summed E-state index contributed by atoms with van der Waals surface area (Å²) in [5.41, 5.74) is 2.88. The Bertz CT molecular complexity index is 1370. The van der Waals surface area contributed by atoms with Gasteiger partial charge in [-0.2, -0.15) is 0 Å². The summed E-state index contributed by atoms with van der Waals surface area (Å²) in [5, 5.41) is 5.18. The quantitative estimate of drug-likeness (QED) is 0.326. The number of para-hydroxylation sites is 1. The van der Waals surface area contributed by atoms with Crippen LogP contribution in [0.3, 0.4) is 0 Å². The van der Waals surface area contributed by atoms with Crippen molar-refractivity contribution in [2.24, 2.45) is 0 Å². The molecule has 1 aromatic heterocycles. The summed E-state index contributed by atoms with van der Waals surface area (Å²) in [5.74, 6) is -0.637. The maximum absolute atomic E-state index is 13.5. The third-order valence-electron chi connectivity index (χ3n) is 6.26. The van der Waals surface area contributed by atoms with Crippen molar-refractivity contribution in [3.63, 3.8) is 0 Å². The van der Waals surface area contributed by atoms with Crippen molar-refractivity contribution in [3.8, 4) is 5.88 Å². The van der Waals surface area contributed by atoms with E-state index in [1.807, 2.05) is 24.3 Å². The van der Waals surface area contributed by atoms with E-state index in [0.717, 1.165) is 16.8 Å². The van der Waals surface area contributed by atoms with Crippen molar-refractivity contribution < 1.29 is 18.3 Å². The summed E-state index contributed by atoms with van der Waals surface area (Å²) < 4.78 is 34.1. The van der Waals surface area contributed by atoms with Crippen LogP contribution in [0.1, 0.15) is 21.5 Å². The van der Waals surface area contributed by atoms with Crippen molar-refractivity contribution in [1.82, 2.24) is 14.7 Å². The zero-order valence-corrected chi connectivity index (χ0v) is 20.7. The number of hydrogen-bond acceptors (Lipinski definition) is 4. The second-order valence-corrected chi connectivity index (χ2v) is 9.22. The third kappa shape index (κ3) is 5.91. The number of ether oxygens (including phenoxy) is 1. The van der Waals surface area contributed by atoms with Gasteiger partial charge in [-0.3, -0.25) is 9.48 Å². The summed E-state index contributed by atoms with van der Waals surface area (Å²) in [7, 11) is 0. The van der Waals surface area contributed by atoms with E-state index in [0.29, 0.717) is 43.3 Å². The minimum atomic E-state index is -0.334. The Morgan fingerprint density at radius 1 is 0.865 bits per heavy atom. The van der Waals surface area contributed by atoms with Crippen LogP contribution in [0.15, 0.2) is 79.0 Å². The maximum Gasteiger partial charge on any atom is 0.261 e. The first-order valence-corrected chi connectivity index (χ1v) is 12.3. The first-order chi connectivity index (χ1) is 18.0. The molecule has 0 N–H and O–H groups in total. The highest BCUT2D eigenvalue weighted by Gasteiger charge is 2.27. The Balaban J connectivity index is 1.33. The molecule has 0 radical (unpaired) electrons. The van der Waals surface area contributed by atoms with Crippen LogP contribution < -0.4 is 9.64 Å². The van der Waals surface area contributed by atoms with Gasteiger partial charge in [-0.15, -0.1) is 5.10 Å². The number of nitrogens with zero attached hydrogens (tertiary/aromatic N) is 4. The molecule has 0 saturated carbocycles. The largest absolute Gasteiger partial charge is 0.471 e. The fourth-order valence-corrected chi connectivity index (χ4v) is 4.53. The van der Waals surface area contributed by atoms with Gasteiger partial charge in [0.05, 0.1) is 17.3 Å². The van der Waals surface area contributed by atoms with E-state index < -0.39 is 0 Å². The van der Waals surface area contributed by atoms with Crippen LogP contribution in [-0.4, -0.2) is 46.8 Å². The van der Waals surface area contributed by atoms with Crippen molar-refractivity contribution in [2.75, 3.05) is 31.1 Å². The van der Waals surface area contributed by atoms with Crippen LogP contribution in [0.25, 0.3) is 0 Å². The number of carbonyl (C=O) groups excluding carboxylic acids is 1. The lowest BCUT2D eigenvalue weighted by atomic mass is 10.2. The highest BCUT2D eigenvalue weighted by atomic mass is 35.5. The fourth-order valence-electron chi connectivity index (χ4n) is 4.28. The van der Waals surface area contributed by atoms with E-state index in [1.54, 1.807) is 40.0 Å². The number of benzene rings is 3. The second-order valence-electron chi connectivity index (χ2n) is 8.82. The molecule has 190 valence electrons. The lowest BCUT2D eigenvalue weighted by Gasteiger charge is -2.36. The molecular formula is C28H25ClF2N4O2. The molecule has 0 spiro atoms. The molecule has 9 heteroatoms. The Labute approximate surface area is 218 Å². The molecule has 2 heterocycles. The predicted molar refractivity (Wildman–Crippen MR) is 138 cm³/mol. The molecule has 3 aromatic carbocycles. The van der Waals surface area contributed by atoms with Gasteiger partial charge in [0.15, 0.2) is 0 Å². The van der Waals surface area contributed by atoms with Gasteiger partial charge < -0.3 is 14.5 Å². The topological polar surface area (TPSA) is 50.6 Å². The summed E-state index contributed by atoms with van der Waals surface area (Å²) >= 11 is 6.35. The number of piperazine rings is 1. The molecule has 1 aliphatic heterocycles. The van der Waals surface area contributed by atoms with Crippen LogP contribution in [0.4, 0.5) is 14.5 Å². The van der Waals surface area contributed by atoms with Crippen LogP contribution >= 0.6 is 11.6 Å². The predicted octanol–water partition coefficient (Wildman–Crippen LogP) is 5.40. The molecule has 0 bridgehead atoms. The van der Waals surface area contributed by atoms with Crippen molar-refractivity contribution in [2.45, 2.75) is 13.2 Å². The number of amides is 1. The molecule has 4 aromatic rings. The monoisotopic (exact) mass is 522 g/mol. The van der Waals surface area contributed by atoms with Crippen molar-refractivity contribution in [3.05, 3.63) is 112 Å². The zero-order valence-electron chi connectivity index (χ0n) is 20.0. The molecule has 1 fully saturated rings. The van der Waals surface area contributed by atoms with Gasteiger partial charge in [-0.1, -0.05) is 48.0 Å². The SMILES string of the molecule is O=C(c1cn(Cc2ccc(F)cc2)nc1OCc1ccc(F)cc1)N1CCN(c2ccccc2Cl)CC1. The van der Waals surface area contributed by atoms with E-state index in [1.165, 1.54) is 24.3 Å². The first-order valence-electron chi connectivity index (χ1n) is 11.9. The number of halogens is 3. The van der Waals surface area contributed by atoms with Gasteiger partial charge in [-0.05, 0) is 47.5 Å². The van der Waals surface area contributed by atoms with Crippen LogP contribution in [-0.2, 0) is 13.2 Å². The van der Waals surface area contributed by atoms with Crippen molar-refractivity contribution >= 4 is 23.2 Å². The normalized spacial score (nSPS) is 13.6. The van der Waals surface area contributed by atoms with Gasteiger partial charge >= 0.3 is 0 Å². The van der Waals surface area contributed by atoms with Gasteiger partial charge in [-0.25, -0.2) is 8.78 Å². The standard InChI is InChI=1S/C28H25ClF2N4O2/c29-25-3-1-2-4-26(25)33-13-15-34(16-14-33)28(36)24-18-35(17-20-5-9-22(30)10-6-20)32-27(24)37-19-21-7-11-23(31)12-8-21/h1-12,18H,13-17,19H2. The molecule has 5 rings (SSSR count). The Hall–Kier alpha value is -3.91. The number of aromatic nitrogens is 2. The molecular weight excluding hydrogens is 498 g/mol. The minimum Gasteiger partial charge on any atom is -0.471 e. The lowest BCUT2D eigenvalue weighted by Crippen LogP contribution is -2.48.